The summed E-state index contributed by atoms with van der Waals surface area (Å²) < 4.78 is 1.31. The largest absolute Gasteiger partial charge is 0.383 e. The molecule has 0 aliphatic heterocycles. The number of nitrogen functional groups attached to an aromatic ring is 1. The topological polar surface area (TPSA) is 130 Å². The Hall–Kier alpha value is -3.36. The summed E-state index contributed by atoms with van der Waals surface area (Å²) in [6, 6.07) is 7.40. The lowest BCUT2D eigenvalue weighted by atomic mass is 9.87. The number of anilines is 2. The smallest absolute Gasteiger partial charge is 0.330 e. The number of carbonyl (C=O) groups is 2. The maximum atomic E-state index is 13.2. The van der Waals surface area contributed by atoms with Crippen molar-refractivity contribution >= 4 is 23.3 Å². The number of aromatic nitrogens is 2. The molecule has 198 valence electrons. The van der Waals surface area contributed by atoms with Gasteiger partial charge in [0.25, 0.3) is 11.5 Å². The Balaban J connectivity index is 2.17. The summed E-state index contributed by atoms with van der Waals surface area (Å²) in [5.74, 6) is -0.622. The van der Waals surface area contributed by atoms with E-state index in [1.165, 1.54) is 9.47 Å². The van der Waals surface area contributed by atoms with E-state index in [0.29, 0.717) is 31.5 Å². The van der Waals surface area contributed by atoms with Crippen molar-refractivity contribution in [1.82, 2.24) is 14.9 Å². The molecule has 36 heavy (non-hydrogen) atoms. The van der Waals surface area contributed by atoms with Crippen molar-refractivity contribution < 1.29 is 9.59 Å². The molecular weight excluding hydrogens is 458 g/mol. The van der Waals surface area contributed by atoms with Gasteiger partial charge >= 0.3 is 5.69 Å². The van der Waals surface area contributed by atoms with E-state index in [2.05, 4.69) is 31.1 Å². The van der Waals surface area contributed by atoms with E-state index in [1.807, 2.05) is 26.0 Å². The highest BCUT2D eigenvalue weighted by Crippen LogP contribution is 2.22. The summed E-state index contributed by atoms with van der Waals surface area (Å²) >= 11 is 0. The zero-order valence-electron chi connectivity index (χ0n) is 22.3. The Morgan fingerprint density at radius 3 is 2.25 bits per heavy atom. The van der Waals surface area contributed by atoms with Crippen LogP contribution in [0.15, 0.2) is 33.9 Å². The Morgan fingerprint density at radius 1 is 1.03 bits per heavy atom. The molecule has 2 amide bonds. The van der Waals surface area contributed by atoms with Gasteiger partial charge in [-0.05, 0) is 36.0 Å². The molecule has 9 heteroatoms. The van der Waals surface area contributed by atoms with Crippen LogP contribution in [0.25, 0.3) is 0 Å². The SMILES string of the molecule is CCCCCN(C(=O)CCNC(=O)c1ccc(C(C)(C)C)cc1)c1c(N)n(CCCC)c(=O)[nH]c1=O. The van der Waals surface area contributed by atoms with Gasteiger partial charge in [-0.25, -0.2) is 4.79 Å². The van der Waals surface area contributed by atoms with Gasteiger partial charge in [-0.2, -0.15) is 0 Å². The van der Waals surface area contributed by atoms with Gasteiger partial charge in [-0.1, -0.05) is 66.0 Å². The lowest BCUT2D eigenvalue weighted by molar-refractivity contribution is -0.118. The number of rotatable bonds is 12. The van der Waals surface area contributed by atoms with Crippen LogP contribution in [-0.2, 0) is 16.8 Å². The summed E-state index contributed by atoms with van der Waals surface area (Å²) in [6.07, 6.45) is 4.04. The second-order valence-electron chi connectivity index (χ2n) is 10.1. The third-order valence-electron chi connectivity index (χ3n) is 6.14. The number of aromatic amines is 1. The molecule has 9 nitrogen and oxygen atoms in total. The van der Waals surface area contributed by atoms with Gasteiger partial charge in [-0.15, -0.1) is 0 Å². The van der Waals surface area contributed by atoms with Crippen molar-refractivity contribution in [3.63, 3.8) is 0 Å². The van der Waals surface area contributed by atoms with Crippen LogP contribution in [-0.4, -0.2) is 34.5 Å². The second-order valence-corrected chi connectivity index (χ2v) is 10.1. The standard InChI is InChI=1S/C27H41N5O4/c1-6-8-10-18-31(22-23(28)32(17-9-7-2)26(36)30-25(22)35)21(33)15-16-29-24(34)19-11-13-20(14-12-19)27(3,4)5/h11-14H,6-10,15-18,28H2,1-5H3,(H,29,34)(H,30,35,36). The minimum atomic E-state index is -0.682. The number of H-pyrrole nitrogens is 1. The molecule has 0 unspecified atom stereocenters. The number of unbranched alkanes of at least 4 members (excludes halogenated alkanes) is 3. The van der Waals surface area contributed by atoms with Crippen LogP contribution >= 0.6 is 0 Å². The third-order valence-corrected chi connectivity index (χ3v) is 6.14. The average molecular weight is 500 g/mol. The van der Waals surface area contributed by atoms with Gasteiger partial charge in [0.05, 0.1) is 0 Å². The van der Waals surface area contributed by atoms with Crippen molar-refractivity contribution in [2.24, 2.45) is 0 Å². The number of amides is 2. The van der Waals surface area contributed by atoms with Crippen molar-refractivity contribution in [2.75, 3.05) is 23.7 Å². The summed E-state index contributed by atoms with van der Waals surface area (Å²) in [7, 11) is 0. The van der Waals surface area contributed by atoms with Crippen molar-refractivity contribution in [3.05, 3.63) is 56.2 Å². The van der Waals surface area contributed by atoms with E-state index in [1.54, 1.807) is 12.1 Å². The van der Waals surface area contributed by atoms with Crippen LogP contribution in [0.1, 0.15) is 89.1 Å². The maximum Gasteiger partial charge on any atom is 0.330 e. The first kappa shape index (κ1) is 28.9. The van der Waals surface area contributed by atoms with Crippen LogP contribution in [0.5, 0.6) is 0 Å². The maximum absolute atomic E-state index is 13.2. The average Bonchev–Trinajstić information content (AvgIpc) is 2.82. The van der Waals surface area contributed by atoms with E-state index < -0.39 is 11.2 Å². The number of hydrogen-bond acceptors (Lipinski definition) is 5. The van der Waals surface area contributed by atoms with Crippen molar-refractivity contribution in [3.8, 4) is 0 Å². The van der Waals surface area contributed by atoms with Gasteiger partial charge in [0.1, 0.15) is 5.82 Å². The number of benzene rings is 1. The first-order valence-electron chi connectivity index (χ1n) is 12.8. The Bertz CT molecular complexity index is 1140. The fourth-order valence-electron chi connectivity index (χ4n) is 3.90. The van der Waals surface area contributed by atoms with E-state index in [0.717, 1.165) is 24.8 Å². The normalized spacial score (nSPS) is 11.4. The molecule has 0 saturated carbocycles. The molecule has 4 N–H and O–H groups in total. The van der Waals surface area contributed by atoms with Gasteiger partial charge < -0.3 is 16.0 Å². The van der Waals surface area contributed by atoms with Crippen LogP contribution in [0.2, 0.25) is 0 Å². The summed E-state index contributed by atoms with van der Waals surface area (Å²) in [4.78, 5) is 54.5. The third kappa shape index (κ3) is 7.57. The number of nitrogens with zero attached hydrogens (tertiary/aromatic N) is 2. The first-order chi connectivity index (χ1) is 17.0. The second kappa shape index (κ2) is 13.1. The van der Waals surface area contributed by atoms with Crippen LogP contribution < -0.4 is 27.2 Å². The molecule has 0 fully saturated rings. The van der Waals surface area contributed by atoms with E-state index in [9.17, 15) is 19.2 Å². The molecule has 0 spiro atoms. The van der Waals surface area contributed by atoms with Crippen LogP contribution in [0.4, 0.5) is 11.5 Å². The Kier molecular flexibility index (Phi) is 10.5. The molecule has 0 bridgehead atoms. The van der Waals surface area contributed by atoms with E-state index >= 15 is 0 Å². The Labute approximate surface area is 213 Å². The number of nitrogens with one attached hydrogen (secondary N) is 2. The molecule has 0 radical (unpaired) electrons. The monoisotopic (exact) mass is 499 g/mol. The molecule has 0 atom stereocenters. The molecule has 2 rings (SSSR count). The molecular formula is C27H41N5O4. The number of carbonyl (C=O) groups excluding carboxylic acids is 2. The lowest BCUT2D eigenvalue weighted by Crippen LogP contribution is -2.42. The van der Waals surface area contributed by atoms with E-state index in [-0.39, 0.29) is 41.7 Å². The van der Waals surface area contributed by atoms with Crippen LogP contribution in [0, 0.1) is 0 Å². The quantitative estimate of drug-likeness (QED) is 0.384. The van der Waals surface area contributed by atoms with Gasteiger partial charge in [-0.3, -0.25) is 23.9 Å². The van der Waals surface area contributed by atoms with Crippen molar-refractivity contribution in [2.45, 2.75) is 85.1 Å². The van der Waals surface area contributed by atoms with E-state index in [4.69, 9.17) is 5.73 Å². The zero-order valence-corrected chi connectivity index (χ0v) is 22.3. The number of hydrogen-bond donors (Lipinski definition) is 3. The van der Waals surface area contributed by atoms with Gasteiger partial charge in [0, 0.05) is 31.6 Å². The molecule has 1 aromatic carbocycles. The fourth-order valence-corrected chi connectivity index (χ4v) is 3.90. The molecule has 0 aliphatic carbocycles. The summed E-state index contributed by atoms with van der Waals surface area (Å²) in [6.45, 7) is 11.1. The highest BCUT2D eigenvalue weighted by molar-refractivity contribution is 5.97. The fraction of sp³-hybridized carbons (Fsp3) is 0.556. The predicted octanol–water partition coefficient (Wildman–Crippen LogP) is 3.56. The summed E-state index contributed by atoms with van der Waals surface area (Å²) in [5.41, 5.74) is 6.60. The number of nitrogens with two attached hydrogens (primary N) is 1. The summed E-state index contributed by atoms with van der Waals surface area (Å²) in [5, 5.41) is 2.78. The molecule has 1 heterocycles. The van der Waals surface area contributed by atoms with Crippen molar-refractivity contribution in [1.29, 1.82) is 0 Å². The van der Waals surface area contributed by atoms with Gasteiger partial charge in [0.15, 0.2) is 5.69 Å². The highest BCUT2D eigenvalue weighted by atomic mass is 16.2. The molecule has 0 saturated heterocycles. The minimum absolute atomic E-state index is 0.00379. The lowest BCUT2D eigenvalue weighted by Gasteiger charge is -2.24. The Morgan fingerprint density at radius 2 is 1.67 bits per heavy atom. The minimum Gasteiger partial charge on any atom is -0.383 e. The molecule has 1 aromatic heterocycles. The first-order valence-corrected chi connectivity index (χ1v) is 12.8. The van der Waals surface area contributed by atoms with Gasteiger partial charge in [0.2, 0.25) is 5.91 Å². The molecule has 0 aliphatic rings. The molecule has 2 aromatic rings. The predicted molar refractivity (Wildman–Crippen MR) is 145 cm³/mol. The zero-order chi connectivity index (χ0) is 26.9. The van der Waals surface area contributed by atoms with Crippen LogP contribution in [0.3, 0.4) is 0 Å². The highest BCUT2D eigenvalue weighted by Gasteiger charge is 2.24.